The Kier molecular flexibility index (Phi) is 4.26. The fourth-order valence-electron chi connectivity index (χ4n) is 3.79. The van der Waals surface area contributed by atoms with Crippen LogP contribution < -0.4 is 4.90 Å². The molecule has 3 aromatic rings. The topological polar surface area (TPSA) is 105 Å². The fraction of sp³-hybridized carbons (Fsp3) is 0.300. The summed E-state index contributed by atoms with van der Waals surface area (Å²) in [7, 11) is 0. The molecule has 1 fully saturated rings. The summed E-state index contributed by atoms with van der Waals surface area (Å²) in [6.45, 7) is 4.21. The number of hydrogen-bond acceptors (Lipinski definition) is 8. The number of rotatable bonds is 3. The van der Waals surface area contributed by atoms with Crippen molar-refractivity contribution in [3.63, 3.8) is 0 Å². The smallest absolute Gasteiger partial charge is 0.180 e. The Bertz CT molecular complexity index is 1170. The monoisotopic (exact) mass is 386 g/mol. The van der Waals surface area contributed by atoms with Gasteiger partial charge < -0.3 is 9.64 Å². The van der Waals surface area contributed by atoms with Crippen LogP contribution in [0, 0.1) is 11.3 Å². The maximum Gasteiger partial charge on any atom is 0.180 e. The predicted molar refractivity (Wildman–Crippen MR) is 107 cm³/mol. The average Bonchev–Trinajstić information content (AvgIpc) is 3.43. The summed E-state index contributed by atoms with van der Waals surface area (Å²) in [5.41, 5.74) is 2.78. The van der Waals surface area contributed by atoms with Gasteiger partial charge in [0.1, 0.15) is 23.7 Å². The van der Waals surface area contributed by atoms with Gasteiger partial charge in [0.15, 0.2) is 17.2 Å². The van der Waals surface area contributed by atoms with E-state index in [4.69, 9.17) is 15.0 Å². The quantitative estimate of drug-likeness (QED) is 0.674. The van der Waals surface area contributed by atoms with E-state index in [1.807, 2.05) is 18.4 Å². The van der Waals surface area contributed by atoms with Crippen LogP contribution in [0.5, 0.6) is 0 Å². The molecule has 0 bridgehead atoms. The summed E-state index contributed by atoms with van der Waals surface area (Å²) in [4.78, 5) is 24.2. The van der Waals surface area contributed by atoms with Crippen LogP contribution in [0.25, 0.3) is 17.2 Å². The van der Waals surface area contributed by atoms with Crippen molar-refractivity contribution in [1.82, 2.24) is 24.3 Å². The third kappa shape index (κ3) is 3.03. The van der Waals surface area contributed by atoms with Crippen LogP contribution in [0.3, 0.4) is 0 Å². The number of nitriles is 1. The molecule has 0 amide bonds. The molecule has 0 saturated carbocycles. The predicted octanol–water partition coefficient (Wildman–Crippen LogP) is 1.66. The zero-order chi connectivity index (χ0) is 19.8. The first kappa shape index (κ1) is 17.5. The molecule has 9 heteroatoms. The van der Waals surface area contributed by atoms with E-state index < -0.39 is 0 Å². The number of morpholine rings is 1. The molecule has 5 rings (SSSR count). The van der Waals surface area contributed by atoms with Crippen LogP contribution in [0.15, 0.2) is 47.5 Å². The van der Waals surface area contributed by atoms with E-state index in [0.717, 1.165) is 17.9 Å². The molecular formula is C20H18N8O. The number of aliphatic imine (C=N–C) groups is 1. The zero-order valence-electron chi connectivity index (χ0n) is 15.8. The zero-order valence-corrected chi connectivity index (χ0v) is 15.8. The molecule has 2 aliphatic heterocycles. The first-order valence-corrected chi connectivity index (χ1v) is 9.39. The summed E-state index contributed by atoms with van der Waals surface area (Å²) in [5.74, 6) is 1.37. The fourth-order valence-corrected chi connectivity index (χ4v) is 3.79. The maximum atomic E-state index is 9.14. The Labute approximate surface area is 167 Å². The number of hydrogen-bond donors (Lipinski definition) is 0. The number of aromatic nitrogens is 5. The van der Waals surface area contributed by atoms with Gasteiger partial charge in [-0.1, -0.05) is 6.08 Å². The van der Waals surface area contributed by atoms with E-state index in [9.17, 15) is 0 Å². The summed E-state index contributed by atoms with van der Waals surface area (Å²) >= 11 is 0. The van der Waals surface area contributed by atoms with Gasteiger partial charge >= 0.3 is 0 Å². The van der Waals surface area contributed by atoms with Gasteiger partial charge in [-0.2, -0.15) is 5.26 Å². The van der Waals surface area contributed by atoms with Gasteiger partial charge in [0.25, 0.3) is 0 Å². The summed E-state index contributed by atoms with van der Waals surface area (Å²) in [6.07, 6.45) is 10.6. The van der Waals surface area contributed by atoms with Gasteiger partial charge in [-0.15, -0.1) is 0 Å². The Morgan fingerprint density at radius 1 is 1.24 bits per heavy atom. The van der Waals surface area contributed by atoms with Crippen molar-refractivity contribution in [2.24, 2.45) is 4.99 Å². The second-order valence-electron chi connectivity index (χ2n) is 6.92. The first-order valence-electron chi connectivity index (χ1n) is 9.39. The van der Waals surface area contributed by atoms with Crippen LogP contribution in [0.2, 0.25) is 0 Å². The van der Waals surface area contributed by atoms with Gasteiger partial charge in [-0.05, 0) is 18.6 Å². The molecule has 29 heavy (non-hydrogen) atoms. The van der Waals surface area contributed by atoms with E-state index in [-0.39, 0.29) is 12.1 Å². The molecule has 1 saturated heterocycles. The highest BCUT2D eigenvalue weighted by molar-refractivity contribution is 5.82. The van der Waals surface area contributed by atoms with Crippen molar-refractivity contribution < 1.29 is 4.74 Å². The lowest BCUT2D eigenvalue weighted by Crippen LogP contribution is -2.51. The number of anilines is 1. The Morgan fingerprint density at radius 3 is 3.00 bits per heavy atom. The van der Waals surface area contributed by atoms with Gasteiger partial charge in [0.2, 0.25) is 0 Å². The minimum Gasteiger partial charge on any atom is -0.369 e. The highest BCUT2D eigenvalue weighted by Gasteiger charge is 2.32. The Morgan fingerprint density at radius 2 is 2.17 bits per heavy atom. The number of imidazole rings is 1. The molecule has 2 atom stereocenters. The van der Waals surface area contributed by atoms with E-state index >= 15 is 0 Å². The summed E-state index contributed by atoms with van der Waals surface area (Å²) in [5, 5.41) is 9.14. The van der Waals surface area contributed by atoms with E-state index in [1.165, 1.54) is 0 Å². The normalized spacial score (nSPS) is 21.4. The van der Waals surface area contributed by atoms with Crippen LogP contribution in [0.1, 0.15) is 12.6 Å². The largest absolute Gasteiger partial charge is 0.369 e. The van der Waals surface area contributed by atoms with Crippen molar-refractivity contribution in [3.05, 3.63) is 48.2 Å². The number of fused-ring (bicyclic) bond motifs is 1. The van der Waals surface area contributed by atoms with E-state index in [1.54, 1.807) is 29.2 Å². The molecular weight excluding hydrogens is 368 g/mol. The summed E-state index contributed by atoms with van der Waals surface area (Å²) in [6, 6.07) is 4.07. The first-order chi connectivity index (χ1) is 14.2. The molecule has 0 N–H and O–H groups in total. The van der Waals surface area contributed by atoms with Gasteiger partial charge in [-0.25, -0.2) is 19.9 Å². The van der Waals surface area contributed by atoms with Crippen molar-refractivity contribution >= 4 is 17.7 Å². The van der Waals surface area contributed by atoms with Crippen LogP contribution in [0.4, 0.5) is 5.82 Å². The molecule has 2 aliphatic rings. The molecule has 9 nitrogen and oxygen atoms in total. The van der Waals surface area contributed by atoms with Crippen molar-refractivity contribution in [3.8, 4) is 17.6 Å². The second-order valence-corrected chi connectivity index (χ2v) is 6.92. The highest BCUT2D eigenvalue weighted by Crippen LogP contribution is 2.27. The second kappa shape index (κ2) is 7.07. The third-order valence-electron chi connectivity index (χ3n) is 5.24. The average molecular weight is 386 g/mol. The number of nitrogens with zero attached hydrogens (tertiary/aromatic N) is 8. The van der Waals surface area contributed by atoms with E-state index in [2.05, 4.69) is 37.8 Å². The van der Waals surface area contributed by atoms with Gasteiger partial charge in [0, 0.05) is 25.2 Å². The summed E-state index contributed by atoms with van der Waals surface area (Å²) < 4.78 is 7.80. The minimum absolute atomic E-state index is 0.0338. The van der Waals surface area contributed by atoms with Gasteiger partial charge in [0.05, 0.1) is 31.6 Å². The molecule has 144 valence electrons. The van der Waals surface area contributed by atoms with Crippen molar-refractivity contribution in [2.45, 2.75) is 19.1 Å². The van der Waals surface area contributed by atoms with Crippen LogP contribution in [-0.2, 0) is 4.74 Å². The van der Waals surface area contributed by atoms with Gasteiger partial charge in [-0.3, -0.25) is 9.39 Å². The maximum absolute atomic E-state index is 9.14. The highest BCUT2D eigenvalue weighted by atomic mass is 16.5. The standard InChI is InChI=1S/C20H18N8O/c1-13-19(14-2-4-22-9-14)29-7-6-27(13)17-3-5-23-20(26-17)16-10-25-18-11-24-15(8-21)12-28(16)18/h2-3,5,9-13,19H,4,6-7H2,1H3. The van der Waals surface area contributed by atoms with Crippen molar-refractivity contribution in [1.29, 1.82) is 5.26 Å². The molecule has 3 aromatic heterocycles. The van der Waals surface area contributed by atoms with E-state index in [0.29, 0.717) is 36.0 Å². The molecule has 0 radical (unpaired) electrons. The number of ether oxygens (including phenoxy) is 1. The molecule has 5 heterocycles. The van der Waals surface area contributed by atoms with Crippen LogP contribution >= 0.6 is 0 Å². The lowest BCUT2D eigenvalue weighted by Gasteiger charge is -2.40. The minimum atomic E-state index is -0.0338. The Balaban J connectivity index is 1.50. The molecule has 2 unspecified atom stereocenters. The lowest BCUT2D eigenvalue weighted by molar-refractivity contribution is 0.0432. The lowest BCUT2D eigenvalue weighted by atomic mass is 10.0. The molecule has 0 spiro atoms. The Hall–Kier alpha value is -3.64. The molecule has 0 aromatic carbocycles. The van der Waals surface area contributed by atoms with Crippen molar-refractivity contribution in [2.75, 3.05) is 24.6 Å². The van der Waals surface area contributed by atoms with Crippen LogP contribution in [-0.4, -0.2) is 62.4 Å². The molecule has 0 aliphatic carbocycles. The SMILES string of the molecule is CC1C(C2=CCN=C2)OCCN1c1ccnc(-c2cnc3cnc(C#N)cn23)n1. The third-order valence-corrected chi connectivity index (χ3v) is 5.24.